The summed E-state index contributed by atoms with van der Waals surface area (Å²) in [4.78, 5) is 4.39. The van der Waals surface area contributed by atoms with Crippen LogP contribution in [0.4, 0.5) is 0 Å². The van der Waals surface area contributed by atoms with Crippen molar-refractivity contribution < 1.29 is 4.74 Å². The molecule has 1 atom stereocenters. The van der Waals surface area contributed by atoms with Crippen LogP contribution in [-0.4, -0.2) is 23.2 Å². The summed E-state index contributed by atoms with van der Waals surface area (Å²) in [7, 11) is 3.91. The van der Waals surface area contributed by atoms with Gasteiger partial charge in [0.15, 0.2) is 0 Å². The van der Waals surface area contributed by atoms with E-state index in [1.165, 1.54) is 5.56 Å². The number of nitrogens with one attached hydrogen (secondary N) is 1. The van der Waals surface area contributed by atoms with E-state index in [1.54, 1.807) is 0 Å². The fraction of sp³-hybridized carbons (Fsp3) is 0.357. The Morgan fingerprint density at radius 1 is 1.33 bits per heavy atom. The van der Waals surface area contributed by atoms with E-state index >= 15 is 0 Å². The maximum atomic E-state index is 5.44. The van der Waals surface area contributed by atoms with Crippen LogP contribution in [0.3, 0.4) is 0 Å². The molecule has 0 bridgehead atoms. The molecule has 18 heavy (non-hydrogen) atoms. The van der Waals surface area contributed by atoms with Crippen molar-refractivity contribution in [3.8, 4) is 5.75 Å². The molecule has 2 rings (SSSR count). The van der Waals surface area contributed by atoms with Gasteiger partial charge in [0, 0.05) is 13.2 Å². The lowest BCUT2D eigenvalue weighted by atomic mass is 10.0. The van der Waals surface area contributed by atoms with Gasteiger partial charge in [-0.3, -0.25) is 0 Å². The van der Waals surface area contributed by atoms with Crippen molar-refractivity contribution in [3.05, 3.63) is 48.0 Å². The first kappa shape index (κ1) is 12.6. The standard InChI is InChI=1S/C14H19N3O/c1-4-18-12-7-5-11(6-8-12)14(15-2)13-9-17(3)10-16-13/h5-10,14-15H,4H2,1-3H3. The Balaban J connectivity index is 2.22. The number of aryl methyl sites for hydroxylation is 1. The fourth-order valence-electron chi connectivity index (χ4n) is 1.99. The molecule has 1 aromatic carbocycles. The monoisotopic (exact) mass is 245 g/mol. The van der Waals surface area contributed by atoms with E-state index in [0.717, 1.165) is 11.4 Å². The molecule has 0 saturated heterocycles. The molecule has 1 aromatic heterocycles. The molecule has 96 valence electrons. The summed E-state index contributed by atoms with van der Waals surface area (Å²) < 4.78 is 7.40. The summed E-state index contributed by atoms with van der Waals surface area (Å²) in [5.41, 5.74) is 2.20. The minimum absolute atomic E-state index is 0.113. The first-order valence-electron chi connectivity index (χ1n) is 6.12. The van der Waals surface area contributed by atoms with E-state index in [2.05, 4.69) is 22.4 Å². The molecule has 1 heterocycles. The average Bonchev–Trinajstić information content (AvgIpc) is 2.79. The van der Waals surface area contributed by atoms with Gasteiger partial charge in [-0.15, -0.1) is 0 Å². The Morgan fingerprint density at radius 2 is 2.06 bits per heavy atom. The molecule has 0 amide bonds. The van der Waals surface area contributed by atoms with Crippen LogP contribution < -0.4 is 10.1 Å². The number of rotatable bonds is 5. The van der Waals surface area contributed by atoms with Gasteiger partial charge in [-0.25, -0.2) is 4.98 Å². The van der Waals surface area contributed by atoms with E-state index in [9.17, 15) is 0 Å². The van der Waals surface area contributed by atoms with Gasteiger partial charge < -0.3 is 14.6 Å². The van der Waals surface area contributed by atoms with Crippen molar-refractivity contribution in [1.29, 1.82) is 0 Å². The minimum Gasteiger partial charge on any atom is -0.494 e. The van der Waals surface area contributed by atoms with Crippen LogP contribution in [0, 0.1) is 0 Å². The molecular formula is C14H19N3O. The zero-order chi connectivity index (χ0) is 13.0. The normalized spacial score (nSPS) is 12.4. The van der Waals surface area contributed by atoms with Crippen molar-refractivity contribution >= 4 is 0 Å². The third kappa shape index (κ3) is 2.71. The van der Waals surface area contributed by atoms with Gasteiger partial charge in [-0.2, -0.15) is 0 Å². The van der Waals surface area contributed by atoms with Crippen LogP contribution in [0.25, 0.3) is 0 Å². The minimum atomic E-state index is 0.113. The summed E-state index contributed by atoms with van der Waals surface area (Å²) in [6.07, 6.45) is 3.84. The molecule has 2 aromatic rings. The highest BCUT2D eigenvalue weighted by atomic mass is 16.5. The number of hydrogen-bond acceptors (Lipinski definition) is 3. The third-order valence-corrected chi connectivity index (χ3v) is 2.83. The van der Waals surface area contributed by atoms with Crippen LogP contribution in [0.1, 0.15) is 24.2 Å². The van der Waals surface area contributed by atoms with Crippen molar-refractivity contribution in [2.45, 2.75) is 13.0 Å². The van der Waals surface area contributed by atoms with Crippen LogP contribution in [0.5, 0.6) is 5.75 Å². The van der Waals surface area contributed by atoms with Crippen LogP contribution in [0.2, 0.25) is 0 Å². The Hall–Kier alpha value is -1.81. The molecule has 0 aliphatic carbocycles. The smallest absolute Gasteiger partial charge is 0.119 e. The molecule has 0 saturated carbocycles. The Morgan fingerprint density at radius 3 is 2.56 bits per heavy atom. The molecule has 4 heteroatoms. The number of benzene rings is 1. The van der Waals surface area contributed by atoms with Gasteiger partial charge in [0.05, 0.1) is 24.7 Å². The molecule has 0 aliphatic rings. The maximum absolute atomic E-state index is 5.44. The van der Waals surface area contributed by atoms with E-state index in [0.29, 0.717) is 6.61 Å². The summed E-state index contributed by atoms with van der Waals surface area (Å²) in [6, 6.07) is 8.24. The van der Waals surface area contributed by atoms with Crippen molar-refractivity contribution in [2.24, 2.45) is 7.05 Å². The molecule has 1 N–H and O–H groups in total. The zero-order valence-corrected chi connectivity index (χ0v) is 11.1. The van der Waals surface area contributed by atoms with Gasteiger partial charge in [0.2, 0.25) is 0 Å². The third-order valence-electron chi connectivity index (χ3n) is 2.83. The highest BCUT2D eigenvalue weighted by Gasteiger charge is 2.14. The number of hydrogen-bond donors (Lipinski definition) is 1. The molecule has 0 radical (unpaired) electrons. The highest BCUT2D eigenvalue weighted by molar-refractivity contribution is 5.32. The SMILES string of the molecule is CCOc1ccc(C(NC)c2cn(C)cn2)cc1. The van der Waals surface area contributed by atoms with E-state index in [-0.39, 0.29) is 6.04 Å². The van der Waals surface area contributed by atoms with Crippen LogP contribution in [0.15, 0.2) is 36.8 Å². The number of imidazole rings is 1. The molecular weight excluding hydrogens is 226 g/mol. The number of nitrogens with zero attached hydrogens (tertiary/aromatic N) is 2. The fourth-order valence-corrected chi connectivity index (χ4v) is 1.99. The van der Waals surface area contributed by atoms with Crippen molar-refractivity contribution in [3.63, 3.8) is 0 Å². The largest absolute Gasteiger partial charge is 0.494 e. The van der Waals surface area contributed by atoms with Gasteiger partial charge >= 0.3 is 0 Å². The summed E-state index contributed by atoms with van der Waals surface area (Å²) in [5, 5.41) is 3.28. The molecule has 1 unspecified atom stereocenters. The topological polar surface area (TPSA) is 39.1 Å². The summed E-state index contributed by atoms with van der Waals surface area (Å²) >= 11 is 0. The lowest BCUT2D eigenvalue weighted by Gasteiger charge is -2.14. The second kappa shape index (κ2) is 5.69. The molecule has 0 fully saturated rings. The molecule has 4 nitrogen and oxygen atoms in total. The first-order valence-corrected chi connectivity index (χ1v) is 6.12. The zero-order valence-electron chi connectivity index (χ0n) is 11.1. The Bertz CT molecular complexity index is 490. The van der Waals surface area contributed by atoms with Gasteiger partial charge in [-0.1, -0.05) is 12.1 Å². The van der Waals surface area contributed by atoms with E-state index < -0.39 is 0 Å². The van der Waals surface area contributed by atoms with Gasteiger partial charge in [0.25, 0.3) is 0 Å². The van der Waals surface area contributed by atoms with Crippen LogP contribution >= 0.6 is 0 Å². The molecule has 0 spiro atoms. The average molecular weight is 245 g/mol. The van der Waals surface area contributed by atoms with Crippen molar-refractivity contribution in [2.75, 3.05) is 13.7 Å². The van der Waals surface area contributed by atoms with Crippen molar-refractivity contribution in [1.82, 2.24) is 14.9 Å². The number of ether oxygens (including phenoxy) is 1. The Kier molecular flexibility index (Phi) is 3.99. The maximum Gasteiger partial charge on any atom is 0.119 e. The highest BCUT2D eigenvalue weighted by Crippen LogP contribution is 2.22. The van der Waals surface area contributed by atoms with Gasteiger partial charge in [-0.05, 0) is 31.7 Å². The predicted molar refractivity (Wildman–Crippen MR) is 71.7 cm³/mol. The first-order chi connectivity index (χ1) is 8.74. The number of aromatic nitrogens is 2. The second-order valence-corrected chi connectivity index (χ2v) is 4.19. The second-order valence-electron chi connectivity index (χ2n) is 4.19. The predicted octanol–water partition coefficient (Wildman–Crippen LogP) is 2.13. The summed E-state index contributed by atoms with van der Waals surface area (Å²) in [5.74, 6) is 0.900. The quantitative estimate of drug-likeness (QED) is 0.877. The van der Waals surface area contributed by atoms with E-state index in [4.69, 9.17) is 4.74 Å². The van der Waals surface area contributed by atoms with Crippen LogP contribution in [-0.2, 0) is 7.05 Å². The lowest BCUT2D eigenvalue weighted by molar-refractivity contribution is 0.340. The molecule has 0 aliphatic heterocycles. The Labute approximate surface area is 108 Å². The summed E-state index contributed by atoms with van der Waals surface area (Å²) in [6.45, 7) is 2.67. The lowest BCUT2D eigenvalue weighted by Crippen LogP contribution is -2.17. The van der Waals surface area contributed by atoms with Gasteiger partial charge in [0.1, 0.15) is 5.75 Å². The van der Waals surface area contributed by atoms with E-state index in [1.807, 2.05) is 50.2 Å².